The molecule has 0 saturated carbocycles. The molecule has 1 aliphatic rings. The fourth-order valence-corrected chi connectivity index (χ4v) is 4.26. The Morgan fingerprint density at radius 3 is 2.29 bits per heavy atom. The molecule has 6 nitrogen and oxygen atoms in total. The number of rotatable bonds is 5. The van der Waals surface area contributed by atoms with Crippen LogP contribution in [0.5, 0.6) is 0 Å². The van der Waals surface area contributed by atoms with Crippen LogP contribution in [0.15, 0.2) is 73.2 Å². The molecule has 4 aromatic rings. The number of benzene rings is 2. The number of nitriles is 1. The zero-order valence-electron chi connectivity index (χ0n) is 17.4. The van der Waals surface area contributed by atoms with Gasteiger partial charge in [-0.25, -0.2) is 9.97 Å². The van der Waals surface area contributed by atoms with Gasteiger partial charge in [0.2, 0.25) is 0 Å². The van der Waals surface area contributed by atoms with Crippen molar-refractivity contribution in [1.29, 1.82) is 5.26 Å². The number of nitrogens with zero attached hydrogens (tertiary/aromatic N) is 6. The Bertz CT molecular complexity index is 1200. The summed E-state index contributed by atoms with van der Waals surface area (Å²) in [6, 6.07) is 23.0. The van der Waals surface area contributed by atoms with E-state index in [0.717, 1.165) is 56.2 Å². The zero-order valence-corrected chi connectivity index (χ0v) is 17.4. The van der Waals surface area contributed by atoms with Gasteiger partial charge in [-0.3, -0.25) is 4.90 Å². The maximum absolute atomic E-state index is 9.64. The van der Waals surface area contributed by atoms with Crippen LogP contribution in [0.2, 0.25) is 0 Å². The minimum absolute atomic E-state index is 0.573. The van der Waals surface area contributed by atoms with Gasteiger partial charge in [-0.05, 0) is 24.1 Å². The Labute approximate surface area is 182 Å². The SMILES string of the molecule is N#Cc1cn(-c2ccccc2)c2c(N3CCN(CCc4ccccc4)CC3)ncnc12. The highest BCUT2D eigenvalue weighted by atomic mass is 15.3. The number of para-hydroxylation sites is 1. The van der Waals surface area contributed by atoms with Gasteiger partial charge in [0.15, 0.2) is 5.82 Å². The van der Waals surface area contributed by atoms with E-state index in [1.807, 2.05) is 41.1 Å². The third-order valence-corrected chi connectivity index (χ3v) is 5.94. The van der Waals surface area contributed by atoms with Gasteiger partial charge in [-0.1, -0.05) is 48.5 Å². The molecule has 0 radical (unpaired) electrons. The van der Waals surface area contributed by atoms with Crippen molar-refractivity contribution >= 4 is 16.9 Å². The molecule has 0 bridgehead atoms. The first-order chi connectivity index (χ1) is 15.3. The van der Waals surface area contributed by atoms with Crippen LogP contribution in [-0.4, -0.2) is 52.2 Å². The lowest BCUT2D eigenvalue weighted by Crippen LogP contribution is -2.47. The van der Waals surface area contributed by atoms with Crippen LogP contribution in [-0.2, 0) is 6.42 Å². The predicted octanol–water partition coefficient (Wildman–Crippen LogP) is 3.66. The molecule has 31 heavy (non-hydrogen) atoms. The molecule has 2 aromatic heterocycles. The van der Waals surface area contributed by atoms with E-state index in [9.17, 15) is 5.26 Å². The second kappa shape index (κ2) is 8.58. The summed E-state index contributed by atoms with van der Waals surface area (Å²) in [5, 5.41) is 9.64. The van der Waals surface area contributed by atoms with Gasteiger partial charge >= 0.3 is 0 Å². The van der Waals surface area contributed by atoms with E-state index >= 15 is 0 Å². The molecule has 0 atom stereocenters. The molecule has 0 aliphatic carbocycles. The minimum Gasteiger partial charge on any atom is -0.352 e. The second-order valence-electron chi connectivity index (χ2n) is 7.82. The Morgan fingerprint density at radius 2 is 1.58 bits per heavy atom. The number of hydrogen-bond acceptors (Lipinski definition) is 5. The highest BCUT2D eigenvalue weighted by Gasteiger charge is 2.23. The summed E-state index contributed by atoms with van der Waals surface area (Å²) in [7, 11) is 0. The lowest BCUT2D eigenvalue weighted by atomic mass is 10.1. The highest BCUT2D eigenvalue weighted by molar-refractivity contribution is 5.92. The summed E-state index contributed by atoms with van der Waals surface area (Å²) in [4.78, 5) is 13.9. The molecule has 154 valence electrons. The fourth-order valence-electron chi connectivity index (χ4n) is 4.26. The van der Waals surface area contributed by atoms with Gasteiger partial charge in [0.1, 0.15) is 23.4 Å². The quantitative estimate of drug-likeness (QED) is 0.504. The molecule has 2 aromatic carbocycles. The Kier molecular flexibility index (Phi) is 5.34. The zero-order chi connectivity index (χ0) is 21.0. The molecule has 1 aliphatic heterocycles. The van der Waals surface area contributed by atoms with E-state index < -0.39 is 0 Å². The number of hydrogen-bond donors (Lipinski definition) is 0. The second-order valence-corrected chi connectivity index (χ2v) is 7.82. The van der Waals surface area contributed by atoms with Gasteiger partial charge in [0.05, 0.1) is 5.56 Å². The molecule has 1 fully saturated rings. The van der Waals surface area contributed by atoms with E-state index in [0.29, 0.717) is 11.1 Å². The van der Waals surface area contributed by atoms with Crippen molar-refractivity contribution in [2.45, 2.75) is 6.42 Å². The third-order valence-electron chi connectivity index (χ3n) is 5.94. The molecular weight excluding hydrogens is 384 g/mol. The fraction of sp³-hybridized carbons (Fsp3) is 0.240. The van der Waals surface area contributed by atoms with Crippen molar-refractivity contribution in [3.63, 3.8) is 0 Å². The van der Waals surface area contributed by atoms with Crippen molar-refractivity contribution in [3.05, 3.63) is 84.3 Å². The Morgan fingerprint density at radius 1 is 0.871 bits per heavy atom. The van der Waals surface area contributed by atoms with Crippen molar-refractivity contribution in [2.75, 3.05) is 37.6 Å². The van der Waals surface area contributed by atoms with Gasteiger partial charge in [0, 0.05) is 44.6 Å². The first-order valence-corrected chi connectivity index (χ1v) is 10.7. The average Bonchev–Trinajstić information content (AvgIpc) is 3.23. The monoisotopic (exact) mass is 408 g/mol. The summed E-state index contributed by atoms with van der Waals surface area (Å²) in [6.07, 6.45) is 4.52. The van der Waals surface area contributed by atoms with E-state index in [-0.39, 0.29) is 0 Å². The number of anilines is 1. The summed E-state index contributed by atoms with van der Waals surface area (Å²) >= 11 is 0. The van der Waals surface area contributed by atoms with Crippen LogP contribution in [0, 0.1) is 11.3 Å². The summed E-state index contributed by atoms with van der Waals surface area (Å²) in [6.45, 7) is 4.87. The molecule has 1 saturated heterocycles. The first kappa shape index (κ1) is 19.3. The first-order valence-electron chi connectivity index (χ1n) is 10.7. The Hall–Kier alpha value is -3.69. The lowest BCUT2D eigenvalue weighted by Gasteiger charge is -2.35. The molecule has 0 N–H and O–H groups in total. The number of fused-ring (bicyclic) bond motifs is 1. The molecule has 3 heterocycles. The van der Waals surface area contributed by atoms with Crippen molar-refractivity contribution in [1.82, 2.24) is 19.4 Å². The average molecular weight is 409 g/mol. The van der Waals surface area contributed by atoms with Crippen molar-refractivity contribution < 1.29 is 0 Å². The predicted molar refractivity (Wildman–Crippen MR) is 122 cm³/mol. The van der Waals surface area contributed by atoms with E-state index in [1.54, 1.807) is 6.33 Å². The van der Waals surface area contributed by atoms with Crippen molar-refractivity contribution in [3.8, 4) is 11.8 Å². The molecule has 0 spiro atoms. The highest BCUT2D eigenvalue weighted by Crippen LogP contribution is 2.30. The molecule has 0 unspecified atom stereocenters. The standard InChI is InChI=1S/C25H24N6/c26-17-21-18-31(22-9-5-2-6-10-22)24-23(21)27-19-28-25(24)30-15-13-29(14-16-30)12-11-20-7-3-1-4-8-20/h1-10,18-19H,11-16H2. The molecule has 0 amide bonds. The molecular formula is C25H24N6. The lowest BCUT2D eigenvalue weighted by molar-refractivity contribution is 0.260. The normalized spacial score (nSPS) is 14.6. The third kappa shape index (κ3) is 3.88. The maximum atomic E-state index is 9.64. The van der Waals surface area contributed by atoms with Crippen LogP contribution < -0.4 is 4.90 Å². The maximum Gasteiger partial charge on any atom is 0.157 e. The molecule has 6 heteroatoms. The summed E-state index contributed by atoms with van der Waals surface area (Å²) in [5.41, 5.74) is 4.58. The van der Waals surface area contributed by atoms with E-state index in [2.05, 4.69) is 56.2 Å². The summed E-state index contributed by atoms with van der Waals surface area (Å²) < 4.78 is 2.05. The van der Waals surface area contributed by atoms with Crippen LogP contribution in [0.4, 0.5) is 5.82 Å². The molecule has 5 rings (SSSR count). The van der Waals surface area contributed by atoms with E-state index in [1.165, 1.54) is 5.56 Å². The van der Waals surface area contributed by atoms with Crippen LogP contribution >= 0.6 is 0 Å². The van der Waals surface area contributed by atoms with E-state index in [4.69, 9.17) is 0 Å². The van der Waals surface area contributed by atoms with Gasteiger partial charge in [-0.2, -0.15) is 5.26 Å². The van der Waals surface area contributed by atoms with Crippen LogP contribution in [0.3, 0.4) is 0 Å². The van der Waals surface area contributed by atoms with Crippen molar-refractivity contribution in [2.24, 2.45) is 0 Å². The van der Waals surface area contributed by atoms with Gasteiger partial charge in [0.25, 0.3) is 0 Å². The van der Waals surface area contributed by atoms with Gasteiger partial charge < -0.3 is 9.47 Å². The largest absolute Gasteiger partial charge is 0.352 e. The topological polar surface area (TPSA) is 61.0 Å². The Balaban J connectivity index is 1.39. The van der Waals surface area contributed by atoms with Crippen LogP contribution in [0.1, 0.15) is 11.1 Å². The van der Waals surface area contributed by atoms with Gasteiger partial charge in [-0.15, -0.1) is 0 Å². The number of piperazine rings is 1. The van der Waals surface area contributed by atoms with Crippen LogP contribution in [0.25, 0.3) is 16.7 Å². The minimum atomic E-state index is 0.573. The smallest absolute Gasteiger partial charge is 0.157 e. The summed E-state index contributed by atoms with van der Waals surface area (Å²) in [5.74, 6) is 0.901. The number of aromatic nitrogens is 3.